The number of pyridine rings is 1. The van der Waals surface area contributed by atoms with E-state index < -0.39 is 5.82 Å². The lowest BCUT2D eigenvalue weighted by atomic mass is 10.1. The predicted octanol–water partition coefficient (Wildman–Crippen LogP) is 4.65. The Morgan fingerprint density at radius 2 is 2.12 bits per heavy atom. The van der Waals surface area contributed by atoms with Gasteiger partial charge in [-0.3, -0.25) is 4.99 Å². The molecule has 0 unspecified atom stereocenters. The van der Waals surface area contributed by atoms with E-state index in [9.17, 15) is 4.39 Å². The van der Waals surface area contributed by atoms with E-state index >= 15 is 0 Å². The summed E-state index contributed by atoms with van der Waals surface area (Å²) in [6.07, 6.45) is 4.03. The molecule has 0 saturated carbocycles. The number of aliphatic imine (C=N–C) groups is 1. The normalized spacial score (nSPS) is 12.2. The Bertz CT molecular complexity index is 770. The van der Waals surface area contributed by atoms with Crippen molar-refractivity contribution >= 4 is 11.8 Å². The zero-order valence-corrected chi connectivity index (χ0v) is 14.3. The topological polar surface area (TPSA) is 43.7 Å². The number of benzene rings is 1. The van der Waals surface area contributed by atoms with Gasteiger partial charge in [-0.15, -0.1) is 0 Å². The average molecular weight is 328 g/mol. The molecule has 0 amide bonds. The molecule has 2 aromatic rings. The summed E-state index contributed by atoms with van der Waals surface area (Å²) >= 11 is 0. The Labute approximate surface area is 141 Å². The van der Waals surface area contributed by atoms with E-state index in [1.807, 2.05) is 26.0 Å². The van der Waals surface area contributed by atoms with Crippen molar-refractivity contribution in [3.8, 4) is 11.6 Å². The van der Waals surface area contributed by atoms with E-state index in [1.54, 1.807) is 38.7 Å². The fourth-order valence-corrected chi connectivity index (χ4v) is 2.22. The molecule has 0 aliphatic heterocycles. The minimum atomic E-state index is -0.413. The van der Waals surface area contributed by atoms with E-state index in [0.29, 0.717) is 17.2 Å². The summed E-state index contributed by atoms with van der Waals surface area (Å²) in [6.45, 7) is 3.80. The quantitative estimate of drug-likeness (QED) is 0.572. The molecular formula is C19H21FN2O2. The lowest BCUT2D eigenvalue weighted by Gasteiger charge is -2.13. The van der Waals surface area contributed by atoms with Gasteiger partial charge in [-0.05, 0) is 43.2 Å². The fraction of sp³-hybridized carbons (Fsp3) is 0.263. The molecule has 0 atom stereocenters. The number of ether oxygens (including phenoxy) is 2. The molecule has 0 aliphatic carbocycles. The third kappa shape index (κ3) is 3.98. The molecule has 0 radical (unpaired) electrons. The number of halogens is 1. The maximum atomic E-state index is 14.2. The molecule has 0 fully saturated rings. The molecule has 0 N–H and O–H groups in total. The number of methoxy groups -OCH3 is 1. The van der Waals surface area contributed by atoms with Crippen molar-refractivity contribution < 1.29 is 13.9 Å². The Balaban J connectivity index is 2.46. The number of nitrogens with zero attached hydrogens (tertiary/aromatic N) is 2. The van der Waals surface area contributed by atoms with Gasteiger partial charge in [-0.25, -0.2) is 9.37 Å². The van der Waals surface area contributed by atoms with Crippen molar-refractivity contribution in [2.75, 3.05) is 14.2 Å². The summed E-state index contributed by atoms with van der Waals surface area (Å²) < 4.78 is 25.2. The van der Waals surface area contributed by atoms with Crippen LogP contribution >= 0.6 is 0 Å². The van der Waals surface area contributed by atoms with Gasteiger partial charge >= 0.3 is 0 Å². The minimum absolute atomic E-state index is 0.134. The first-order valence-corrected chi connectivity index (χ1v) is 7.69. The first kappa shape index (κ1) is 17.7. The Kier molecular flexibility index (Phi) is 6.07. The Hall–Kier alpha value is -2.69. The van der Waals surface area contributed by atoms with Gasteiger partial charge < -0.3 is 9.47 Å². The van der Waals surface area contributed by atoms with Crippen LogP contribution < -0.4 is 4.74 Å². The van der Waals surface area contributed by atoms with Gasteiger partial charge in [0, 0.05) is 30.6 Å². The summed E-state index contributed by atoms with van der Waals surface area (Å²) in [5, 5.41) is 0. The highest BCUT2D eigenvalue weighted by Gasteiger charge is 2.15. The van der Waals surface area contributed by atoms with Gasteiger partial charge in [-0.2, -0.15) is 0 Å². The second kappa shape index (κ2) is 8.24. The number of rotatable bonds is 6. The minimum Gasteiger partial charge on any atom is -0.501 e. The van der Waals surface area contributed by atoms with Crippen LogP contribution in [0.5, 0.6) is 11.6 Å². The first-order valence-electron chi connectivity index (χ1n) is 7.69. The highest BCUT2D eigenvalue weighted by Crippen LogP contribution is 2.31. The van der Waals surface area contributed by atoms with Crippen LogP contribution in [0.4, 0.5) is 4.39 Å². The van der Waals surface area contributed by atoms with E-state index in [2.05, 4.69) is 9.98 Å². The molecule has 0 bridgehead atoms. The molecule has 4 nitrogen and oxygen atoms in total. The smallest absolute Gasteiger partial charge is 0.227 e. The number of hydrogen-bond acceptors (Lipinski definition) is 4. The van der Waals surface area contributed by atoms with Gasteiger partial charge in [0.25, 0.3) is 0 Å². The van der Waals surface area contributed by atoms with Crippen molar-refractivity contribution in [3.63, 3.8) is 0 Å². The van der Waals surface area contributed by atoms with Crippen LogP contribution in [0.1, 0.15) is 25.0 Å². The molecule has 1 heterocycles. The average Bonchev–Trinajstić information content (AvgIpc) is 2.61. The third-order valence-electron chi connectivity index (χ3n) is 3.62. The zero-order valence-electron chi connectivity index (χ0n) is 14.3. The first-order chi connectivity index (χ1) is 11.6. The zero-order chi connectivity index (χ0) is 17.5. The summed E-state index contributed by atoms with van der Waals surface area (Å²) in [5.74, 6) is 0.686. The van der Waals surface area contributed by atoms with Crippen LogP contribution in [0, 0.1) is 5.82 Å². The summed E-state index contributed by atoms with van der Waals surface area (Å²) in [6, 6.07) is 8.55. The summed E-state index contributed by atoms with van der Waals surface area (Å²) in [7, 11) is 3.25. The monoisotopic (exact) mass is 328 g/mol. The highest BCUT2D eigenvalue weighted by atomic mass is 19.1. The highest BCUT2D eigenvalue weighted by molar-refractivity contribution is 6.11. The van der Waals surface area contributed by atoms with Gasteiger partial charge in [0.05, 0.1) is 7.11 Å². The largest absolute Gasteiger partial charge is 0.501 e. The van der Waals surface area contributed by atoms with Crippen LogP contribution in [-0.2, 0) is 11.2 Å². The molecular weight excluding hydrogens is 307 g/mol. The molecule has 2 rings (SSSR count). The van der Waals surface area contributed by atoms with Crippen molar-refractivity contribution in [2.24, 2.45) is 4.99 Å². The molecule has 0 aliphatic rings. The van der Waals surface area contributed by atoms with Crippen LogP contribution in [-0.4, -0.2) is 25.4 Å². The fourth-order valence-electron chi connectivity index (χ4n) is 2.22. The third-order valence-corrected chi connectivity index (χ3v) is 3.62. The van der Waals surface area contributed by atoms with E-state index in [0.717, 1.165) is 17.6 Å². The van der Waals surface area contributed by atoms with Crippen LogP contribution in [0.25, 0.3) is 5.57 Å². The Morgan fingerprint density at radius 3 is 2.75 bits per heavy atom. The molecule has 5 heteroatoms. The van der Waals surface area contributed by atoms with Crippen molar-refractivity contribution in [2.45, 2.75) is 20.3 Å². The molecule has 24 heavy (non-hydrogen) atoms. The van der Waals surface area contributed by atoms with E-state index in [-0.39, 0.29) is 5.75 Å². The second-order valence-electron chi connectivity index (χ2n) is 5.14. The molecule has 0 spiro atoms. The molecule has 0 saturated heterocycles. The number of allylic oxidation sites excluding steroid dienone is 2. The van der Waals surface area contributed by atoms with Gasteiger partial charge in [0.2, 0.25) is 5.88 Å². The van der Waals surface area contributed by atoms with Gasteiger partial charge in [0.1, 0.15) is 5.76 Å². The van der Waals surface area contributed by atoms with Crippen LogP contribution in [0.3, 0.4) is 0 Å². The lowest BCUT2D eigenvalue weighted by Crippen LogP contribution is -2.00. The molecule has 1 aromatic carbocycles. The number of hydrogen-bond donors (Lipinski definition) is 0. The number of aryl methyl sites for hydroxylation is 1. The van der Waals surface area contributed by atoms with E-state index in [4.69, 9.17) is 9.47 Å². The SMILES string of the molecule is CCc1ccc(Oc2ncccc2/C(C=NC)=C(/C)OC)c(F)c1. The Morgan fingerprint density at radius 1 is 1.33 bits per heavy atom. The maximum Gasteiger partial charge on any atom is 0.227 e. The standard InChI is InChI=1S/C19H21FN2O2/c1-5-14-8-9-18(17(20)11-14)24-19-15(7-6-10-22-19)16(12-21-3)13(2)23-4/h6-12H,5H2,1-4H3/b16-13-,21-12?. The second-order valence-corrected chi connectivity index (χ2v) is 5.14. The van der Waals surface area contributed by atoms with Gasteiger partial charge in [0.15, 0.2) is 11.6 Å². The molecule has 126 valence electrons. The lowest BCUT2D eigenvalue weighted by molar-refractivity contribution is 0.296. The predicted molar refractivity (Wildman–Crippen MR) is 94.1 cm³/mol. The summed E-state index contributed by atoms with van der Waals surface area (Å²) in [4.78, 5) is 8.29. The summed E-state index contributed by atoms with van der Waals surface area (Å²) in [5.41, 5.74) is 2.32. The number of aromatic nitrogens is 1. The molecule has 1 aromatic heterocycles. The van der Waals surface area contributed by atoms with Crippen molar-refractivity contribution in [3.05, 3.63) is 59.2 Å². The van der Waals surface area contributed by atoms with Crippen LogP contribution in [0.2, 0.25) is 0 Å². The van der Waals surface area contributed by atoms with Crippen LogP contribution in [0.15, 0.2) is 47.3 Å². The van der Waals surface area contributed by atoms with Gasteiger partial charge in [-0.1, -0.05) is 13.0 Å². The van der Waals surface area contributed by atoms with Crippen molar-refractivity contribution in [1.29, 1.82) is 0 Å². The maximum absolute atomic E-state index is 14.2. The van der Waals surface area contributed by atoms with Crippen molar-refractivity contribution in [1.82, 2.24) is 4.98 Å². The van der Waals surface area contributed by atoms with E-state index in [1.165, 1.54) is 6.07 Å².